The minimum absolute atomic E-state index is 0.190. The molecule has 0 saturated carbocycles. The van der Waals surface area contributed by atoms with Crippen molar-refractivity contribution in [1.82, 2.24) is 4.31 Å². The molecule has 0 unspecified atom stereocenters. The maximum absolute atomic E-state index is 12.5. The third kappa shape index (κ3) is 4.77. The number of ether oxygens (including phenoxy) is 1. The summed E-state index contributed by atoms with van der Waals surface area (Å²) in [6.45, 7) is 2.13. The second-order valence-corrected chi connectivity index (χ2v) is 8.26. The molecular weight excluding hydrogens is 426 g/mol. The van der Waals surface area contributed by atoms with Gasteiger partial charge in [-0.15, -0.1) is 0 Å². The molecular formula is C13H17Br2NO4S. The van der Waals surface area contributed by atoms with Gasteiger partial charge in [-0.1, -0.05) is 15.9 Å². The molecule has 0 saturated heterocycles. The van der Waals surface area contributed by atoms with Crippen LogP contribution in [0.5, 0.6) is 0 Å². The minimum atomic E-state index is -3.61. The van der Waals surface area contributed by atoms with Crippen molar-refractivity contribution in [2.24, 2.45) is 0 Å². The molecule has 0 aliphatic heterocycles. The summed E-state index contributed by atoms with van der Waals surface area (Å²) >= 11 is 6.63. The maximum Gasteiger partial charge on any atom is 0.305 e. The molecule has 21 heavy (non-hydrogen) atoms. The molecule has 0 aromatic heterocycles. The fourth-order valence-corrected chi connectivity index (χ4v) is 4.51. The first kappa shape index (κ1) is 18.6. The summed E-state index contributed by atoms with van der Waals surface area (Å²) in [5.41, 5.74) is 0.939. The summed E-state index contributed by atoms with van der Waals surface area (Å²) in [5, 5.41) is 0. The number of carbonyl (C=O) groups excluding carboxylic acids is 1. The second-order valence-electron chi connectivity index (χ2n) is 4.54. The summed E-state index contributed by atoms with van der Waals surface area (Å²) in [4.78, 5) is 11.2. The predicted octanol–water partition coefficient (Wildman–Crippen LogP) is 3.09. The molecule has 0 amide bonds. The molecule has 0 heterocycles. The van der Waals surface area contributed by atoms with Crippen LogP contribution in [0.25, 0.3) is 0 Å². The van der Waals surface area contributed by atoms with E-state index in [1.807, 2.05) is 6.92 Å². The average Bonchev–Trinajstić information content (AvgIpc) is 2.42. The van der Waals surface area contributed by atoms with Crippen molar-refractivity contribution in [3.05, 3.63) is 26.6 Å². The summed E-state index contributed by atoms with van der Waals surface area (Å²) in [6, 6.07) is 3.32. The number of carbonyl (C=O) groups is 1. The largest absolute Gasteiger partial charge is 0.469 e. The molecule has 0 fully saturated rings. The van der Waals surface area contributed by atoms with Gasteiger partial charge >= 0.3 is 5.97 Å². The summed E-state index contributed by atoms with van der Waals surface area (Å²) < 4.78 is 32.1. The van der Waals surface area contributed by atoms with Gasteiger partial charge in [0, 0.05) is 29.0 Å². The van der Waals surface area contributed by atoms with Crippen LogP contribution < -0.4 is 0 Å². The first-order valence-electron chi connectivity index (χ1n) is 6.19. The number of esters is 1. The van der Waals surface area contributed by atoms with Crippen LogP contribution in [-0.2, 0) is 19.6 Å². The van der Waals surface area contributed by atoms with Gasteiger partial charge in [-0.3, -0.25) is 4.79 Å². The lowest BCUT2D eigenvalue weighted by atomic mass is 10.2. The Morgan fingerprint density at radius 1 is 1.29 bits per heavy atom. The number of aryl methyl sites for hydroxylation is 1. The Hall–Kier alpha value is -0.440. The van der Waals surface area contributed by atoms with Gasteiger partial charge < -0.3 is 4.74 Å². The monoisotopic (exact) mass is 441 g/mol. The maximum atomic E-state index is 12.5. The molecule has 0 aliphatic carbocycles. The normalized spacial score (nSPS) is 11.7. The van der Waals surface area contributed by atoms with Crippen molar-refractivity contribution in [2.45, 2.75) is 24.7 Å². The highest BCUT2D eigenvalue weighted by Crippen LogP contribution is 2.30. The van der Waals surface area contributed by atoms with E-state index >= 15 is 0 Å². The van der Waals surface area contributed by atoms with Crippen LogP contribution in [0.1, 0.15) is 18.4 Å². The van der Waals surface area contributed by atoms with E-state index in [0.717, 1.165) is 10.0 Å². The molecule has 5 nitrogen and oxygen atoms in total. The van der Waals surface area contributed by atoms with Gasteiger partial charge in [0.15, 0.2) is 0 Å². The molecule has 0 N–H and O–H groups in total. The number of rotatable bonds is 6. The fourth-order valence-electron chi connectivity index (χ4n) is 1.66. The highest BCUT2D eigenvalue weighted by Gasteiger charge is 2.24. The van der Waals surface area contributed by atoms with Gasteiger partial charge in [0.25, 0.3) is 0 Å². The molecule has 1 aromatic carbocycles. The Balaban J connectivity index is 2.90. The van der Waals surface area contributed by atoms with Crippen molar-refractivity contribution in [1.29, 1.82) is 0 Å². The molecule has 0 spiro atoms. The van der Waals surface area contributed by atoms with Crippen molar-refractivity contribution >= 4 is 47.9 Å². The highest BCUT2D eigenvalue weighted by atomic mass is 79.9. The average molecular weight is 443 g/mol. The summed E-state index contributed by atoms with van der Waals surface area (Å²) in [6.07, 6.45) is 0.599. The standard InChI is InChI=1S/C13H17Br2NO4S/c1-9-7-11(15)12(8-10(9)14)21(18,19)16(2)6-4-5-13(17)20-3/h7-8H,4-6H2,1-3H3. The second kappa shape index (κ2) is 7.71. The minimum Gasteiger partial charge on any atom is -0.469 e. The molecule has 118 valence electrons. The van der Waals surface area contributed by atoms with E-state index < -0.39 is 10.0 Å². The third-order valence-corrected chi connectivity index (χ3v) is 6.65. The SMILES string of the molecule is COC(=O)CCCN(C)S(=O)(=O)c1cc(Br)c(C)cc1Br. The zero-order valence-electron chi connectivity index (χ0n) is 12.0. The van der Waals surface area contributed by atoms with E-state index in [2.05, 4.69) is 36.6 Å². The van der Waals surface area contributed by atoms with Crippen molar-refractivity contribution in [3.8, 4) is 0 Å². The first-order chi connectivity index (χ1) is 9.70. The number of halogens is 2. The van der Waals surface area contributed by atoms with Gasteiger partial charge in [-0.25, -0.2) is 12.7 Å². The van der Waals surface area contributed by atoms with Crippen molar-refractivity contribution in [3.63, 3.8) is 0 Å². The Morgan fingerprint density at radius 2 is 1.90 bits per heavy atom. The molecule has 0 bridgehead atoms. The number of sulfonamides is 1. The zero-order valence-corrected chi connectivity index (χ0v) is 16.0. The Morgan fingerprint density at radius 3 is 2.48 bits per heavy atom. The van der Waals surface area contributed by atoms with Crippen LogP contribution in [0.3, 0.4) is 0 Å². The van der Waals surface area contributed by atoms with E-state index in [4.69, 9.17) is 0 Å². The summed E-state index contributed by atoms with van der Waals surface area (Å²) in [5.74, 6) is -0.347. The Bertz CT molecular complexity index is 631. The molecule has 1 rings (SSSR count). The van der Waals surface area contributed by atoms with Crippen LogP contribution in [0.15, 0.2) is 26.0 Å². The third-order valence-electron chi connectivity index (χ3n) is 2.98. The van der Waals surface area contributed by atoms with E-state index in [1.165, 1.54) is 18.5 Å². The topological polar surface area (TPSA) is 63.7 Å². The molecule has 0 aliphatic rings. The van der Waals surface area contributed by atoms with Crippen LogP contribution in [0, 0.1) is 6.92 Å². The van der Waals surface area contributed by atoms with Gasteiger partial charge in [-0.2, -0.15) is 0 Å². The van der Waals surface area contributed by atoms with E-state index in [0.29, 0.717) is 10.9 Å². The molecule has 0 radical (unpaired) electrons. The molecule has 8 heteroatoms. The zero-order chi connectivity index (χ0) is 16.2. The number of hydrogen-bond donors (Lipinski definition) is 0. The van der Waals surface area contributed by atoms with Gasteiger partial charge in [0.05, 0.1) is 12.0 Å². The summed E-state index contributed by atoms with van der Waals surface area (Å²) in [7, 11) is -0.807. The van der Waals surface area contributed by atoms with E-state index in [1.54, 1.807) is 12.1 Å². The van der Waals surface area contributed by atoms with Crippen LogP contribution >= 0.6 is 31.9 Å². The van der Waals surface area contributed by atoms with Crippen LogP contribution in [0.4, 0.5) is 0 Å². The Labute approximate surface area is 142 Å². The molecule has 0 atom stereocenters. The lowest BCUT2D eigenvalue weighted by Gasteiger charge is -2.18. The van der Waals surface area contributed by atoms with Gasteiger partial charge in [0.2, 0.25) is 10.0 Å². The van der Waals surface area contributed by atoms with Crippen LogP contribution in [-0.4, -0.2) is 39.4 Å². The quantitative estimate of drug-likeness (QED) is 0.635. The van der Waals surface area contributed by atoms with Gasteiger partial charge in [0.1, 0.15) is 0 Å². The Kier molecular flexibility index (Phi) is 6.83. The lowest BCUT2D eigenvalue weighted by Crippen LogP contribution is -2.28. The molecule has 1 aromatic rings. The lowest BCUT2D eigenvalue weighted by molar-refractivity contribution is -0.140. The van der Waals surface area contributed by atoms with E-state index in [9.17, 15) is 13.2 Å². The number of hydrogen-bond acceptors (Lipinski definition) is 4. The number of nitrogens with zero attached hydrogens (tertiary/aromatic N) is 1. The van der Waals surface area contributed by atoms with Crippen LogP contribution in [0.2, 0.25) is 0 Å². The fraction of sp³-hybridized carbons (Fsp3) is 0.462. The van der Waals surface area contributed by atoms with Crippen molar-refractivity contribution in [2.75, 3.05) is 20.7 Å². The predicted molar refractivity (Wildman–Crippen MR) is 87.6 cm³/mol. The highest BCUT2D eigenvalue weighted by molar-refractivity contribution is 9.11. The van der Waals surface area contributed by atoms with Gasteiger partial charge in [-0.05, 0) is 47.0 Å². The van der Waals surface area contributed by atoms with Crippen molar-refractivity contribution < 1.29 is 17.9 Å². The number of benzene rings is 1. The smallest absolute Gasteiger partial charge is 0.305 e. The first-order valence-corrected chi connectivity index (χ1v) is 9.21. The van der Waals surface area contributed by atoms with E-state index in [-0.39, 0.29) is 23.8 Å². The number of methoxy groups -OCH3 is 1.